The number of imide groups is 1. The number of carbonyl (C=O) groups excluding carboxylic acids is 3. The molecular weight excluding hydrogens is 592 g/mol. The first-order valence-electron chi connectivity index (χ1n) is 16.5. The Hall–Kier alpha value is -4.75. The lowest BCUT2D eigenvalue weighted by atomic mass is 9.87. The van der Waals surface area contributed by atoms with Gasteiger partial charge < -0.3 is 15.1 Å². The number of likely N-dealkylation sites (tertiary alicyclic amines) is 2. The second-order valence-electron chi connectivity index (χ2n) is 13.2. The predicted octanol–water partition coefficient (Wildman–Crippen LogP) is 3.41. The number of aromatic nitrogens is 2. The standard InChI is InChI=1S/C37H42N6O4/c1-24-33(21-38-42(3)36(24)46)39-31-20-30(22-41(2)23-31)27-10-12-29(13-11-27)37(47)43-18-16-26(17-19-43)5-4-25-6-8-28(9-7-25)32-14-15-34(44)40-35(32)45/h6-13,21,26,30-32,39H,14-20,22-23H2,1-3H3,(H,40,44,45). The molecule has 4 heterocycles. The van der Waals surface area contributed by atoms with E-state index >= 15 is 0 Å². The molecular formula is C37H42N6O4. The van der Waals surface area contributed by atoms with Crippen molar-refractivity contribution in [2.45, 2.75) is 56.9 Å². The maximum Gasteiger partial charge on any atom is 0.271 e. The van der Waals surface area contributed by atoms with Gasteiger partial charge in [-0.05, 0) is 81.0 Å². The topological polar surface area (TPSA) is 117 Å². The fraction of sp³-hybridized carbons (Fsp3) is 0.432. The van der Waals surface area contributed by atoms with Crippen LogP contribution < -0.4 is 16.2 Å². The second-order valence-corrected chi connectivity index (χ2v) is 13.2. The normalized spacial score (nSPS) is 22.3. The quantitative estimate of drug-likeness (QED) is 0.327. The van der Waals surface area contributed by atoms with Gasteiger partial charge in [0, 0.05) is 68.3 Å². The van der Waals surface area contributed by atoms with Crippen molar-refractivity contribution >= 4 is 23.4 Å². The average molecular weight is 635 g/mol. The van der Waals surface area contributed by atoms with E-state index in [0.29, 0.717) is 43.0 Å². The van der Waals surface area contributed by atoms with Crippen LogP contribution in [0.15, 0.2) is 59.5 Å². The van der Waals surface area contributed by atoms with Gasteiger partial charge in [0.1, 0.15) is 0 Å². The number of benzene rings is 2. The van der Waals surface area contributed by atoms with Gasteiger partial charge in [0.25, 0.3) is 11.5 Å². The average Bonchev–Trinajstić information content (AvgIpc) is 3.08. The minimum Gasteiger partial charge on any atom is -0.379 e. The third-order valence-corrected chi connectivity index (χ3v) is 9.76. The van der Waals surface area contributed by atoms with Crippen LogP contribution in [0, 0.1) is 24.7 Å². The van der Waals surface area contributed by atoms with E-state index in [1.807, 2.05) is 48.2 Å². The fourth-order valence-electron chi connectivity index (χ4n) is 6.99. The van der Waals surface area contributed by atoms with Gasteiger partial charge in [-0.15, -0.1) is 0 Å². The van der Waals surface area contributed by atoms with Crippen LogP contribution in [0.1, 0.15) is 76.6 Å². The van der Waals surface area contributed by atoms with Crippen LogP contribution in [0.2, 0.25) is 0 Å². The van der Waals surface area contributed by atoms with Gasteiger partial charge in [-0.25, -0.2) is 4.68 Å². The van der Waals surface area contributed by atoms with Crippen molar-refractivity contribution < 1.29 is 14.4 Å². The summed E-state index contributed by atoms with van der Waals surface area (Å²) >= 11 is 0. The van der Waals surface area contributed by atoms with Crippen molar-refractivity contribution in [1.82, 2.24) is 24.9 Å². The SMILES string of the molecule is Cc1c(NC2CC(c3ccc(C(=O)N4CCC(C#Cc5ccc(C6CCC(=O)NC6=O)cc5)CC4)cc3)CN(C)C2)cnn(C)c1=O. The van der Waals surface area contributed by atoms with E-state index in [1.54, 1.807) is 13.2 Å². The molecule has 3 fully saturated rings. The Morgan fingerprint density at radius 2 is 1.64 bits per heavy atom. The number of nitrogens with one attached hydrogen (secondary N) is 2. The Bertz CT molecular complexity index is 1760. The van der Waals surface area contributed by atoms with E-state index in [4.69, 9.17) is 0 Å². The molecule has 3 unspecified atom stereocenters. The summed E-state index contributed by atoms with van der Waals surface area (Å²) in [5, 5.41) is 10.1. The molecule has 47 heavy (non-hydrogen) atoms. The molecule has 10 nitrogen and oxygen atoms in total. The maximum absolute atomic E-state index is 13.4. The van der Waals surface area contributed by atoms with Crippen molar-refractivity contribution in [3.63, 3.8) is 0 Å². The zero-order chi connectivity index (χ0) is 33.1. The number of hydrogen-bond donors (Lipinski definition) is 2. The minimum absolute atomic E-state index is 0.0564. The summed E-state index contributed by atoms with van der Waals surface area (Å²) in [4.78, 5) is 53.5. The molecule has 6 rings (SSSR count). The number of carbonyl (C=O) groups is 3. The van der Waals surface area contributed by atoms with Crippen LogP contribution in [-0.4, -0.2) is 76.6 Å². The van der Waals surface area contributed by atoms with Crippen LogP contribution in [0.25, 0.3) is 0 Å². The fourth-order valence-corrected chi connectivity index (χ4v) is 6.99. The number of aryl methyl sites for hydroxylation is 1. The summed E-state index contributed by atoms with van der Waals surface area (Å²) in [6, 6.07) is 16.0. The number of piperidine rings is 3. The minimum atomic E-state index is -0.294. The molecule has 1 aromatic heterocycles. The van der Waals surface area contributed by atoms with Crippen molar-refractivity contribution in [1.29, 1.82) is 0 Å². The van der Waals surface area contributed by atoms with E-state index < -0.39 is 0 Å². The van der Waals surface area contributed by atoms with E-state index in [9.17, 15) is 19.2 Å². The third kappa shape index (κ3) is 7.47. The molecule has 244 valence electrons. The molecule has 3 amide bonds. The van der Waals surface area contributed by atoms with Gasteiger partial charge in [0.2, 0.25) is 11.8 Å². The lowest BCUT2D eigenvalue weighted by Gasteiger charge is -2.37. The summed E-state index contributed by atoms with van der Waals surface area (Å²) in [7, 11) is 3.77. The van der Waals surface area contributed by atoms with Gasteiger partial charge >= 0.3 is 0 Å². The highest BCUT2D eigenvalue weighted by Crippen LogP contribution is 2.29. The molecule has 0 spiro atoms. The molecule has 2 N–H and O–H groups in total. The molecule has 3 aromatic rings. The molecule has 0 bridgehead atoms. The zero-order valence-electron chi connectivity index (χ0n) is 27.3. The molecule has 0 saturated carbocycles. The van der Waals surface area contributed by atoms with Crippen LogP contribution >= 0.6 is 0 Å². The van der Waals surface area contributed by atoms with E-state index in [2.05, 4.69) is 51.7 Å². The van der Waals surface area contributed by atoms with Crippen molar-refractivity contribution in [2.75, 3.05) is 38.5 Å². The highest BCUT2D eigenvalue weighted by Gasteiger charge is 2.29. The molecule has 2 aromatic carbocycles. The van der Waals surface area contributed by atoms with Crippen LogP contribution in [0.3, 0.4) is 0 Å². The first kappa shape index (κ1) is 32.2. The number of likely N-dealkylation sites (N-methyl/N-ethyl adjacent to an activating group) is 1. The Labute approximate surface area is 275 Å². The van der Waals surface area contributed by atoms with Crippen molar-refractivity contribution in [2.24, 2.45) is 13.0 Å². The largest absolute Gasteiger partial charge is 0.379 e. The van der Waals surface area contributed by atoms with Crippen LogP contribution in [-0.2, 0) is 16.6 Å². The lowest BCUT2D eigenvalue weighted by Crippen LogP contribution is -2.44. The molecule has 3 atom stereocenters. The number of rotatable bonds is 5. The van der Waals surface area contributed by atoms with Gasteiger partial charge in [0.15, 0.2) is 0 Å². The van der Waals surface area contributed by atoms with E-state index in [0.717, 1.165) is 49.2 Å². The summed E-state index contributed by atoms with van der Waals surface area (Å²) < 4.78 is 1.35. The maximum atomic E-state index is 13.4. The van der Waals surface area contributed by atoms with Crippen molar-refractivity contribution in [3.8, 4) is 11.8 Å². The van der Waals surface area contributed by atoms with Crippen molar-refractivity contribution in [3.05, 3.63) is 92.9 Å². The third-order valence-electron chi connectivity index (χ3n) is 9.76. The highest BCUT2D eigenvalue weighted by atomic mass is 16.2. The lowest BCUT2D eigenvalue weighted by molar-refractivity contribution is -0.134. The molecule has 3 aliphatic rings. The Morgan fingerprint density at radius 3 is 2.34 bits per heavy atom. The van der Waals surface area contributed by atoms with Gasteiger partial charge in [-0.1, -0.05) is 36.1 Å². The predicted molar refractivity (Wildman–Crippen MR) is 180 cm³/mol. The number of nitrogens with zero attached hydrogens (tertiary/aromatic N) is 4. The molecule has 0 radical (unpaired) electrons. The monoisotopic (exact) mass is 634 g/mol. The molecule has 3 saturated heterocycles. The Kier molecular flexibility index (Phi) is 9.55. The summed E-state index contributed by atoms with van der Waals surface area (Å²) in [6.07, 6.45) is 5.20. The number of amides is 3. The summed E-state index contributed by atoms with van der Waals surface area (Å²) in [5.41, 5.74) is 5.06. The first-order chi connectivity index (χ1) is 22.6. The smallest absolute Gasteiger partial charge is 0.271 e. The first-order valence-corrected chi connectivity index (χ1v) is 16.5. The molecule has 0 aliphatic carbocycles. The highest BCUT2D eigenvalue weighted by molar-refractivity contribution is 6.01. The number of hydrogen-bond acceptors (Lipinski definition) is 7. The van der Waals surface area contributed by atoms with Crippen LogP contribution in [0.4, 0.5) is 5.69 Å². The van der Waals surface area contributed by atoms with Crippen LogP contribution in [0.5, 0.6) is 0 Å². The van der Waals surface area contributed by atoms with E-state index in [1.165, 1.54) is 10.2 Å². The van der Waals surface area contributed by atoms with E-state index in [-0.39, 0.29) is 41.2 Å². The molecule has 10 heteroatoms. The zero-order valence-corrected chi connectivity index (χ0v) is 27.3. The van der Waals surface area contributed by atoms with Gasteiger partial charge in [-0.2, -0.15) is 5.10 Å². The second kappa shape index (κ2) is 13.9. The Morgan fingerprint density at radius 1 is 0.936 bits per heavy atom. The Balaban J connectivity index is 1.01. The number of anilines is 1. The molecule has 3 aliphatic heterocycles. The summed E-state index contributed by atoms with van der Waals surface area (Å²) in [5.74, 6) is 6.50. The van der Waals surface area contributed by atoms with Gasteiger partial charge in [0.05, 0.1) is 17.8 Å². The summed E-state index contributed by atoms with van der Waals surface area (Å²) in [6.45, 7) is 4.98. The van der Waals surface area contributed by atoms with Gasteiger partial charge in [-0.3, -0.25) is 24.5 Å².